The Kier molecular flexibility index (Phi) is 3.04. The molecule has 0 unspecified atom stereocenters. The highest BCUT2D eigenvalue weighted by atomic mass is 16.5. The van der Waals surface area contributed by atoms with E-state index >= 15 is 0 Å². The highest BCUT2D eigenvalue weighted by Crippen LogP contribution is 2.08. The number of carbonyl (C=O) groups excluding carboxylic acids is 1. The molecule has 0 aliphatic carbocycles. The molecule has 1 amide bonds. The molecule has 18 heavy (non-hydrogen) atoms. The molecule has 0 spiro atoms. The Hall–Kier alpha value is -2.71. The smallest absolute Gasteiger partial charge is 0.322 e. The van der Waals surface area contributed by atoms with Crippen LogP contribution in [0.4, 0.5) is 5.95 Å². The van der Waals surface area contributed by atoms with E-state index < -0.39 is 0 Å². The van der Waals surface area contributed by atoms with Crippen LogP contribution in [0.1, 0.15) is 10.5 Å². The molecule has 0 atom stereocenters. The Morgan fingerprint density at radius 1 is 1.44 bits per heavy atom. The second-order valence-corrected chi connectivity index (χ2v) is 3.20. The molecule has 2 rings (SSSR count). The summed E-state index contributed by atoms with van der Waals surface area (Å²) in [6.45, 7) is 0. The zero-order valence-electron chi connectivity index (χ0n) is 9.78. The van der Waals surface area contributed by atoms with Crippen LogP contribution in [0.3, 0.4) is 0 Å². The molecule has 0 bridgehead atoms. The van der Waals surface area contributed by atoms with Crippen molar-refractivity contribution in [1.82, 2.24) is 30.0 Å². The molecular weight excluding hydrogens is 238 g/mol. The predicted octanol–water partition coefficient (Wildman–Crippen LogP) is -0.992. The number of ether oxygens (including phenoxy) is 1. The van der Waals surface area contributed by atoms with Crippen molar-refractivity contribution in [2.75, 3.05) is 19.9 Å². The van der Waals surface area contributed by atoms with Crippen LogP contribution >= 0.6 is 0 Å². The first-order valence-electron chi connectivity index (χ1n) is 4.97. The van der Waals surface area contributed by atoms with E-state index in [1.807, 2.05) is 0 Å². The molecule has 2 heterocycles. The second-order valence-electron chi connectivity index (χ2n) is 3.20. The summed E-state index contributed by atoms with van der Waals surface area (Å²) in [4.78, 5) is 23.0. The quantitative estimate of drug-likeness (QED) is 0.716. The van der Waals surface area contributed by atoms with Gasteiger partial charge in [0.25, 0.3) is 11.9 Å². The van der Waals surface area contributed by atoms with E-state index in [2.05, 4.69) is 25.4 Å². The van der Waals surface area contributed by atoms with Crippen LogP contribution in [-0.2, 0) is 0 Å². The van der Waals surface area contributed by atoms with E-state index in [-0.39, 0.29) is 29.5 Å². The molecule has 3 N–H and O–H groups in total. The predicted molar refractivity (Wildman–Crippen MR) is 61.3 cm³/mol. The molecule has 0 aromatic carbocycles. The molecule has 0 aliphatic heterocycles. The van der Waals surface area contributed by atoms with E-state index in [1.165, 1.54) is 24.9 Å². The molecule has 0 radical (unpaired) electrons. The average molecular weight is 249 g/mol. The fourth-order valence-electron chi connectivity index (χ4n) is 1.24. The van der Waals surface area contributed by atoms with Crippen LogP contribution in [0.2, 0.25) is 0 Å². The largest absolute Gasteiger partial charge is 0.467 e. The minimum atomic E-state index is -0.303. The normalized spacial score (nSPS) is 10.1. The van der Waals surface area contributed by atoms with Crippen molar-refractivity contribution < 1.29 is 9.53 Å². The lowest BCUT2D eigenvalue weighted by Gasteiger charge is -2.02. The summed E-state index contributed by atoms with van der Waals surface area (Å²) in [5.74, 6) is -0.119. The molecule has 0 aliphatic rings. The number of nitrogens with one attached hydrogen (secondary N) is 1. The van der Waals surface area contributed by atoms with Crippen LogP contribution in [0, 0.1) is 0 Å². The number of nitrogens with zero attached hydrogens (tertiary/aromatic N) is 5. The van der Waals surface area contributed by atoms with Crippen molar-refractivity contribution in [2.45, 2.75) is 0 Å². The highest BCUT2D eigenvalue weighted by Gasteiger charge is 2.11. The molecular formula is C9H11N7O2. The summed E-state index contributed by atoms with van der Waals surface area (Å²) in [6.07, 6.45) is 1.54. The fourth-order valence-corrected chi connectivity index (χ4v) is 1.24. The third-order valence-electron chi connectivity index (χ3n) is 2.06. The van der Waals surface area contributed by atoms with E-state index in [0.29, 0.717) is 0 Å². The molecule has 2 aromatic rings. The van der Waals surface area contributed by atoms with Crippen molar-refractivity contribution in [1.29, 1.82) is 0 Å². The maximum absolute atomic E-state index is 11.4. The van der Waals surface area contributed by atoms with Crippen LogP contribution < -0.4 is 15.8 Å². The van der Waals surface area contributed by atoms with Gasteiger partial charge in [0.2, 0.25) is 5.95 Å². The van der Waals surface area contributed by atoms with Gasteiger partial charge in [0.05, 0.1) is 7.11 Å². The van der Waals surface area contributed by atoms with Gasteiger partial charge in [0.1, 0.15) is 0 Å². The first-order chi connectivity index (χ1) is 8.63. The van der Waals surface area contributed by atoms with Crippen LogP contribution in [-0.4, -0.2) is 44.8 Å². The fraction of sp³-hybridized carbons (Fsp3) is 0.222. The average Bonchev–Trinajstić information content (AvgIpc) is 2.86. The van der Waals surface area contributed by atoms with Crippen molar-refractivity contribution in [3.05, 3.63) is 18.0 Å². The lowest BCUT2D eigenvalue weighted by Crippen LogP contribution is -2.18. The number of hydrogen-bond donors (Lipinski definition) is 2. The van der Waals surface area contributed by atoms with E-state index in [1.54, 1.807) is 6.20 Å². The number of nitrogen functional groups attached to an aromatic ring is 1. The number of carbonyl (C=O) groups is 1. The highest BCUT2D eigenvalue weighted by molar-refractivity contribution is 5.91. The van der Waals surface area contributed by atoms with Gasteiger partial charge in [0, 0.05) is 13.2 Å². The summed E-state index contributed by atoms with van der Waals surface area (Å²) in [5.41, 5.74) is 5.75. The third kappa shape index (κ3) is 2.19. The maximum Gasteiger partial charge on any atom is 0.322 e. The monoisotopic (exact) mass is 249 g/mol. The first kappa shape index (κ1) is 11.8. The SMILES string of the molecule is CNC(=O)c1ccn(-c2nc(N)nc(OC)n2)n1. The minimum absolute atomic E-state index is 0.00819. The number of hydrogen-bond acceptors (Lipinski definition) is 7. The standard InChI is InChI=1S/C9H11N7O2/c1-11-6(17)5-3-4-16(15-5)8-12-7(10)13-9(14-8)18-2/h3-4H,1-2H3,(H,11,17)(H2,10,12,13,14). The Morgan fingerprint density at radius 3 is 2.89 bits per heavy atom. The zero-order valence-corrected chi connectivity index (χ0v) is 9.78. The van der Waals surface area contributed by atoms with Gasteiger partial charge in [-0.25, -0.2) is 4.68 Å². The topological polar surface area (TPSA) is 121 Å². The number of amides is 1. The molecule has 9 heteroatoms. The summed E-state index contributed by atoms with van der Waals surface area (Å²) in [7, 11) is 2.93. The number of methoxy groups -OCH3 is 1. The Balaban J connectivity index is 2.39. The van der Waals surface area contributed by atoms with E-state index in [0.717, 1.165) is 0 Å². The summed E-state index contributed by atoms with van der Waals surface area (Å²) >= 11 is 0. The summed E-state index contributed by atoms with van der Waals surface area (Å²) < 4.78 is 6.18. The van der Waals surface area contributed by atoms with Crippen LogP contribution in [0.25, 0.3) is 5.95 Å². The number of nitrogens with two attached hydrogens (primary N) is 1. The zero-order chi connectivity index (χ0) is 13.1. The third-order valence-corrected chi connectivity index (χ3v) is 2.06. The van der Waals surface area contributed by atoms with Crippen LogP contribution in [0.5, 0.6) is 6.01 Å². The Bertz CT molecular complexity index is 580. The number of rotatable bonds is 3. The lowest BCUT2D eigenvalue weighted by atomic mass is 10.4. The Labute approximate surface area is 102 Å². The maximum atomic E-state index is 11.4. The molecule has 2 aromatic heterocycles. The van der Waals surface area contributed by atoms with Crippen LogP contribution in [0.15, 0.2) is 12.3 Å². The van der Waals surface area contributed by atoms with Crippen molar-refractivity contribution in [3.8, 4) is 12.0 Å². The van der Waals surface area contributed by atoms with Crippen molar-refractivity contribution in [3.63, 3.8) is 0 Å². The number of anilines is 1. The van der Waals surface area contributed by atoms with Crippen molar-refractivity contribution >= 4 is 11.9 Å². The van der Waals surface area contributed by atoms with Gasteiger partial charge in [-0.2, -0.15) is 20.1 Å². The Morgan fingerprint density at radius 2 is 2.22 bits per heavy atom. The molecule has 9 nitrogen and oxygen atoms in total. The van der Waals surface area contributed by atoms with Gasteiger partial charge in [-0.05, 0) is 6.07 Å². The van der Waals surface area contributed by atoms with Gasteiger partial charge < -0.3 is 15.8 Å². The lowest BCUT2D eigenvalue weighted by molar-refractivity contribution is 0.0957. The summed E-state index contributed by atoms with van der Waals surface area (Å²) in [6, 6.07) is 1.61. The number of aromatic nitrogens is 5. The van der Waals surface area contributed by atoms with Crippen molar-refractivity contribution in [2.24, 2.45) is 0 Å². The minimum Gasteiger partial charge on any atom is -0.467 e. The molecule has 0 saturated heterocycles. The van der Waals surface area contributed by atoms with Gasteiger partial charge in [-0.15, -0.1) is 0 Å². The van der Waals surface area contributed by atoms with E-state index in [9.17, 15) is 4.79 Å². The summed E-state index contributed by atoms with van der Waals surface area (Å²) in [5, 5.41) is 6.47. The van der Waals surface area contributed by atoms with Gasteiger partial charge in [-0.3, -0.25) is 4.79 Å². The second kappa shape index (κ2) is 4.65. The van der Waals surface area contributed by atoms with Gasteiger partial charge >= 0.3 is 6.01 Å². The first-order valence-corrected chi connectivity index (χ1v) is 4.97. The molecule has 94 valence electrons. The van der Waals surface area contributed by atoms with Gasteiger partial charge in [-0.1, -0.05) is 0 Å². The van der Waals surface area contributed by atoms with Gasteiger partial charge in [0.15, 0.2) is 5.69 Å². The molecule has 0 fully saturated rings. The van der Waals surface area contributed by atoms with E-state index in [4.69, 9.17) is 10.5 Å². The molecule has 0 saturated carbocycles.